The number of aromatic nitrogens is 2. The molecule has 5 nitrogen and oxygen atoms in total. The molecule has 0 atom stereocenters. The van der Waals surface area contributed by atoms with Crippen LogP contribution in [-0.4, -0.2) is 25.7 Å². The number of aromatic hydroxyl groups is 1. The van der Waals surface area contributed by atoms with Crippen molar-refractivity contribution in [3.8, 4) is 11.4 Å². The Morgan fingerprint density at radius 1 is 1.20 bits per heavy atom. The summed E-state index contributed by atoms with van der Waals surface area (Å²) in [6.45, 7) is 0. The fraction of sp³-hybridized carbons (Fsp3) is 0. The molecule has 6 heteroatoms. The van der Waals surface area contributed by atoms with Gasteiger partial charge in [-0.25, -0.2) is 9.78 Å². The van der Waals surface area contributed by atoms with Gasteiger partial charge < -0.3 is 10.2 Å². The molecular formula is C14H9ClN2O3. The Balaban J connectivity index is 2.22. The van der Waals surface area contributed by atoms with E-state index in [2.05, 4.69) is 4.98 Å². The van der Waals surface area contributed by atoms with Crippen LogP contribution < -0.4 is 0 Å². The number of benzene rings is 2. The highest BCUT2D eigenvalue weighted by Crippen LogP contribution is 2.28. The number of carbonyl (C=O) groups is 1. The first kappa shape index (κ1) is 12.5. The minimum atomic E-state index is -1.01. The lowest BCUT2D eigenvalue weighted by atomic mass is 10.2. The molecule has 0 fully saturated rings. The predicted octanol–water partition coefficient (Wildman–Crippen LogP) is 3.08. The summed E-state index contributed by atoms with van der Waals surface area (Å²) in [4.78, 5) is 15.1. The topological polar surface area (TPSA) is 75.3 Å². The summed E-state index contributed by atoms with van der Waals surface area (Å²) in [5.41, 5.74) is 1.87. The number of phenolic OH excluding ortho intramolecular Hbond substituents is 1. The van der Waals surface area contributed by atoms with Gasteiger partial charge in [0.1, 0.15) is 12.1 Å². The van der Waals surface area contributed by atoms with E-state index in [-0.39, 0.29) is 11.3 Å². The Hall–Kier alpha value is -2.53. The van der Waals surface area contributed by atoms with Gasteiger partial charge in [0.15, 0.2) is 0 Å². The molecule has 1 heterocycles. The summed E-state index contributed by atoms with van der Waals surface area (Å²) in [5, 5.41) is 19.4. The van der Waals surface area contributed by atoms with Crippen molar-refractivity contribution in [1.82, 2.24) is 9.55 Å². The number of rotatable bonds is 2. The summed E-state index contributed by atoms with van der Waals surface area (Å²) in [7, 11) is 0. The molecule has 0 aliphatic rings. The summed E-state index contributed by atoms with van der Waals surface area (Å²) in [5.74, 6) is -0.942. The molecule has 3 rings (SSSR count). The van der Waals surface area contributed by atoms with Gasteiger partial charge in [-0.2, -0.15) is 0 Å². The maximum absolute atomic E-state index is 10.9. The van der Waals surface area contributed by atoms with Crippen molar-refractivity contribution < 1.29 is 15.0 Å². The maximum atomic E-state index is 10.9. The van der Waals surface area contributed by atoms with Gasteiger partial charge in [0.25, 0.3) is 0 Å². The van der Waals surface area contributed by atoms with E-state index in [0.29, 0.717) is 21.7 Å². The molecule has 2 N–H and O–H groups in total. The summed E-state index contributed by atoms with van der Waals surface area (Å²) in [6, 6.07) is 9.31. The van der Waals surface area contributed by atoms with Crippen LogP contribution in [0.25, 0.3) is 16.7 Å². The first-order valence-electron chi connectivity index (χ1n) is 5.75. The molecule has 3 aromatic rings. The highest BCUT2D eigenvalue weighted by atomic mass is 35.5. The third-order valence-electron chi connectivity index (χ3n) is 2.99. The lowest BCUT2D eigenvalue weighted by Gasteiger charge is -2.07. The van der Waals surface area contributed by atoms with Crippen molar-refractivity contribution in [2.24, 2.45) is 0 Å². The number of imidazole rings is 1. The third kappa shape index (κ3) is 1.98. The van der Waals surface area contributed by atoms with E-state index < -0.39 is 5.97 Å². The molecule has 0 radical (unpaired) electrons. The SMILES string of the molecule is O=C(O)c1ccc2c(c1)ncn2-c1cc(Cl)ccc1O. The highest BCUT2D eigenvalue weighted by Gasteiger charge is 2.11. The zero-order valence-electron chi connectivity index (χ0n) is 10.1. The number of carboxylic acid groups (broad SMARTS) is 1. The summed E-state index contributed by atoms with van der Waals surface area (Å²) < 4.78 is 1.65. The average Bonchev–Trinajstić information content (AvgIpc) is 2.84. The normalized spacial score (nSPS) is 10.8. The zero-order chi connectivity index (χ0) is 14.3. The third-order valence-corrected chi connectivity index (χ3v) is 3.23. The molecule has 2 aromatic carbocycles. The maximum Gasteiger partial charge on any atom is 0.335 e. The number of nitrogens with zero attached hydrogens (tertiary/aromatic N) is 2. The molecule has 100 valence electrons. The van der Waals surface area contributed by atoms with Gasteiger partial charge >= 0.3 is 5.97 Å². The van der Waals surface area contributed by atoms with Crippen LogP contribution in [0.15, 0.2) is 42.7 Å². The fourth-order valence-corrected chi connectivity index (χ4v) is 2.19. The first-order chi connectivity index (χ1) is 9.56. The number of hydrogen-bond acceptors (Lipinski definition) is 3. The lowest BCUT2D eigenvalue weighted by molar-refractivity contribution is 0.0697. The van der Waals surface area contributed by atoms with Crippen molar-refractivity contribution in [3.63, 3.8) is 0 Å². The van der Waals surface area contributed by atoms with Gasteiger partial charge in [0, 0.05) is 5.02 Å². The van der Waals surface area contributed by atoms with E-state index in [4.69, 9.17) is 16.7 Å². The van der Waals surface area contributed by atoms with Crippen molar-refractivity contribution in [2.75, 3.05) is 0 Å². The second-order valence-electron chi connectivity index (χ2n) is 4.26. The molecule has 0 saturated carbocycles. The Labute approximate surface area is 118 Å². The standard InChI is InChI=1S/C14H9ClN2O3/c15-9-2-4-13(18)12(6-9)17-7-16-10-5-8(14(19)20)1-3-11(10)17/h1-7,18H,(H,19,20). The van der Waals surface area contributed by atoms with Gasteiger partial charge in [-0.1, -0.05) is 11.6 Å². The monoisotopic (exact) mass is 288 g/mol. The Morgan fingerprint density at radius 3 is 2.75 bits per heavy atom. The first-order valence-corrected chi connectivity index (χ1v) is 6.13. The molecule has 1 aromatic heterocycles. The Morgan fingerprint density at radius 2 is 2.00 bits per heavy atom. The summed E-state index contributed by atoms with van der Waals surface area (Å²) in [6.07, 6.45) is 1.52. The quantitative estimate of drug-likeness (QED) is 0.760. The smallest absolute Gasteiger partial charge is 0.335 e. The second-order valence-corrected chi connectivity index (χ2v) is 4.69. The molecule has 0 bridgehead atoms. The van der Waals surface area contributed by atoms with Gasteiger partial charge in [0.2, 0.25) is 0 Å². The molecule has 0 unspecified atom stereocenters. The zero-order valence-corrected chi connectivity index (χ0v) is 10.9. The molecular weight excluding hydrogens is 280 g/mol. The fourth-order valence-electron chi connectivity index (χ4n) is 2.03. The van der Waals surface area contributed by atoms with Crippen LogP contribution in [0.3, 0.4) is 0 Å². The summed E-state index contributed by atoms with van der Waals surface area (Å²) >= 11 is 5.93. The van der Waals surface area contributed by atoms with E-state index in [1.54, 1.807) is 22.8 Å². The molecule has 0 saturated heterocycles. The van der Waals surface area contributed by atoms with Crippen molar-refractivity contribution in [3.05, 3.63) is 53.3 Å². The Bertz CT molecular complexity index is 826. The predicted molar refractivity (Wildman–Crippen MR) is 74.7 cm³/mol. The van der Waals surface area contributed by atoms with E-state index in [1.807, 2.05) is 0 Å². The van der Waals surface area contributed by atoms with Crippen LogP contribution in [0.4, 0.5) is 0 Å². The largest absolute Gasteiger partial charge is 0.506 e. The van der Waals surface area contributed by atoms with E-state index in [1.165, 1.54) is 24.5 Å². The van der Waals surface area contributed by atoms with Crippen LogP contribution in [0.2, 0.25) is 5.02 Å². The van der Waals surface area contributed by atoms with Crippen LogP contribution in [0, 0.1) is 0 Å². The molecule has 0 spiro atoms. The number of hydrogen-bond donors (Lipinski definition) is 2. The van der Waals surface area contributed by atoms with E-state index in [0.717, 1.165) is 0 Å². The van der Waals surface area contributed by atoms with Gasteiger partial charge in [-0.05, 0) is 36.4 Å². The van der Waals surface area contributed by atoms with E-state index in [9.17, 15) is 9.90 Å². The van der Waals surface area contributed by atoms with Crippen molar-refractivity contribution >= 4 is 28.6 Å². The molecule has 0 aliphatic heterocycles. The van der Waals surface area contributed by atoms with Crippen molar-refractivity contribution in [1.29, 1.82) is 0 Å². The molecule has 0 amide bonds. The van der Waals surface area contributed by atoms with Gasteiger partial charge in [-0.3, -0.25) is 4.57 Å². The number of fused-ring (bicyclic) bond motifs is 1. The van der Waals surface area contributed by atoms with Crippen LogP contribution in [-0.2, 0) is 0 Å². The van der Waals surface area contributed by atoms with Crippen LogP contribution >= 0.6 is 11.6 Å². The number of aromatic carboxylic acids is 1. The van der Waals surface area contributed by atoms with E-state index >= 15 is 0 Å². The number of carboxylic acids is 1. The molecule has 0 aliphatic carbocycles. The minimum Gasteiger partial charge on any atom is -0.506 e. The highest BCUT2D eigenvalue weighted by molar-refractivity contribution is 6.30. The van der Waals surface area contributed by atoms with Crippen LogP contribution in [0.1, 0.15) is 10.4 Å². The molecule has 20 heavy (non-hydrogen) atoms. The van der Waals surface area contributed by atoms with Gasteiger partial charge in [-0.15, -0.1) is 0 Å². The van der Waals surface area contributed by atoms with Crippen LogP contribution in [0.5, 0.6) is 5.75 Å². The number of phenols is 1. The number of halogens is 1. The lowest BCUT2D eigenvalue weighted by Crippen LogP contribution is -1.96. The second kappa shape index (κ2) is 4.54. The van der Waals surface area contributed by atoms with Crippen molar-refractivity contribution in [2.45, 2.75) is 0 Å². The Kier molecular flexibility index (Phi) is 2.84. The average molecular weight is 289 g/mol. The van der Waals surface area contributed by atoms with Gasteiger partial charge in [0.05, 0.1) is 22.3 Å². The minimum absolute atomic E-state index is 0.0658.